The zero-order valence-corrected chi connectivity index (χ0v) is 13.7. The monoisotopic (exact) mass is 312 g/mol. The van der Waals surface area contributed by atoms with Crippen molar-refractivity contribution in [3.8, 4) is 0 Å². The molecule has 2 aliphatic heterocycles. The minimum atomic E-state index is 0.0419. The van der Waals surface area contributed by atoms with Crippen molar-refractivity contribution in [2.45, 2.75) is 44.7 Å². The summed E-state index contributed by atoms with van der Waals surface area (Å²) in [5, 5.41) is 9.67. The Bertz CT molecular complexity index is 620. The highest BCUT2D eigenvalue weighted by molar-refractivity contribution is 5.95. The molecule has 0 aromatic heterocycles. The van der Waals surface area contributed by atoms with Gasteiger partial charge in [-0.2, -0.15) is 5.10 Å². The van der Waals surface area contributed by atoms with Crippen LogP contribution >= 0.6 is 0 Å². The average molecular weight is 312 g/mol. The molecule has 3 aliphatic rings. The SMILES string of the molecule is CC1=NN(c2ccc(C(=O)NC3CCN(C4CC4)C3)cc2)CC1. The summed E-state index contributed by atoms with van der Waals surface area (Å²) in [5.74, 6) is 0.0419. The third-order valence-electron chi connectivity index (χ3n) is 5.02. The summed E-state index contributed by atoms with van der Waals surface area (Å²) in [7, 11) is 0. The molecule has 5 heteroatoms. The first kappa shape index (κ1) is 14.7. The molecule has 1 amide bonds. The number of benzene rings is 1. The number of nitrogens with zero attached hydrogens (tertiary/aromatic N) is 3. The zero-order chi connectivity index (χ0) is 15.8. The highest BCUT2D eigenvalue weighted by atomic mass is 16.1. The van der Waals surface area contributed by atoms with Gasteiger partial charge in [0.25, 0.3) is 5.91 Å². The van der Waals surface area contributed by atoms with Crippen LogP contribution in [0.15, 0.2) is 29.4 Å². The van der Waals surface area contributed by atoms with Crippen LogP contribution in [0.4, 0.5) is 5.69 Å². The number of nitrogens with one attached hydrogen (secondary N) is 1. The lowest BCUT2D eigenvalue weighted by Crippen LogP contribution is -2.37. The zero-order valence-electron chi connectivity index (χ0n) is 13.7. The van der Waals surface area contributed by atoms with E-state index < -0.39 is 0 Å². The summed E-state index contributed by atoms with van der Waals surface area (Å²) in [4.78, 5) is 14.9. The van der Waals surface area contributed by atoms with Crippen LogP contribution in [0.1, 0.15) is 43.0 Å². The van der Waals surface area contributed by atoms with Crippen molar-refractivity contribution in [2.75, 3.05) is 24.6 Å². The lowest BCUT2D eigenvalue weighted by molar-refractivity contribution is 0.0937. The van der Waals surface area contributed by atoms with Gasteiger partial charge in [0.05, 0.1) is 5.69 Å². The van der Waals surface area contributed by atoms with Gasteiger partial charge in [0, 0.05) is 49.4 Å². The van der Waals surface area contributed by atoms with E-state index in [2.05, 4.69) is 15.3 Å². The third-order valence-corrected chi connectivity index (χ3v) is 5.02. The Kier molecular flexibility index (Phi) is 3.81. The molecule has 0 radical (unpaired) electrons. The van der Waals surface area contributed by atoms with E-state index in [0.29, 0.717) is 6.04 Å². The molecular weight excluding hydrogens is 288 g/mol. The van der Waals surface area contributed by atoms with Gasteiger partial charge in [-0.05, 0) is 50.5 Å². The molecule has 0 spiro atoms. The molecule has 1 atom stereocenters. The molecule has 2 fully saturated rings. The van der Waals surface area contributed by atoms with Crippen LogP contribution in [0.5, 0.6) is 0 Å². The molecule has 1 unspecified atom stereocenters. The van der Waals surface area contributed by atoms with E-state index in [1.165, 1.54) is 12.8 Å². The number of hydrogen-bond donors (Lipinski definition) is 1. The van der Waals surface area contributed by atoms with Crippen molar-refractivity contribution in [1.29, 1.82) is 0 Å². The third kappa shape index (κ3) is 3.24. The Labute approximate surface area is 137 Å². The Morgan fingerprint density at radius 2 is 1.96 bits per heavy atom. The molecule has 2 heterocycles. The van der Waals surface area contributed by atoms with Crippen LogP contribution in [0.2, 0.25) is 0 Å². The molecule has 1 saturated heterocycles. The van der Waals surface area contributed by atoms with Crippen LogP contribution < -0.4 is 10.3 Å². The number of likely N-dealkylation sites (tertiary alicyclic amines) is 1. The van der Waals surface area contributed by atoms with Crippen molar-refractivity contribution in [1.82, 2.24) is 10.2 Å². The number of hydrogen-bond acceptors (Lipinski definition) is 4. The van der Waals surface area contributed by atoms with Crippen molar-refractivity contribution in [3.05, 3.63) is 29.8 Å². The summed E-state index contributed by atoms with van der Waals surface area (Å²) in [6.45, 7) is 5.11. The Hall–Kier alpha value is -1.88. The quantitative estimate of drug-likeness (QED) is 0.927. The van der Waals surface area contributed by atoms with E-state index >= 15 is 0 Å². The lowest BCUT2D eigenvalue weighted by atomic mass is 10.1. The fourth-order valence-electron chi connectivity index (χ4n) is 3.49. The van der Waals surface area contributed by atoms with E-state index in [-0.39, 0.29) is 5.91 Å². The number of carbonyl (C=O) groups is 1. The molecule has 122 valence electrons. The molecule has 4 rings (SSSR count). The van der Waals surface area contributed by atoms with E-state index in [1.807, 2.05) is 36.2 Å². The van der Waals surface area contributed by atoms with E-state index in [4.69, 9.17) is 0 Å². The van der Waals surface area contributed by atoms with Gasteiger partial charge in [-0.25, -0.2) is 0 Å². The van der Waals surface area contributed by atoms with E-state index in [1.54, 1.807) is 0 Å². The van der Waals surface area contributed by atoms with Gasteiger partial charge in [0.15, 0.2) is 0 Å². The standard InChI is InChI=1S/C18H24N4O/c1-13-8-11-22(20-13)17-4-2-14(3-5-17)18(23)19-15-9-10-21(12-15)16-6-7-16/h2-5,15-16H,6-12H2,1H3,(H,19,23). The molecule has 1 saturated carbocycles. The van der Waals surface area contributed by atoms with Gasteiger partial charge in [-0.3, -0.25) is 14.7 Å². The van der Waals surface area contributed by atoms with Crippen molar-refractivity contribution in [3.63, 3.8) is 0 Å². The van der Waals surface area contributed by atoms with Gasteiger partial charge in [-0.15, -0.1) is 0 Å². The number of amides is 1. The molecule has 0 bridgehead atoms. The fraction of sp³-hybridized carbons (Fsp3) is 0.556. The lowest BCUT2D eigenvalue weighted by Gasteiger charge is -2.16. The second-order valence-corrected chi connectivity index (χ2v) is 6.94. The van der Waals surface area contributed by atoms with Crippen LogP contribution in [0, 0.1) is 0 Å². The maximum Gasteiger partial charge on any atom is 0.251 e. The molecule has 1 aliphatic carbocycles. The van der Waals surface area contributed by atoms with Gasteiger partial charge >= 0.3 is 0 Å². The second-order valence-electron chi connectivity index (χ2n) is 6.94. The maximum atomic E-state index is 12.4. The average Bonchev–Trinajstić information content (AvgIpc) is 3.16. The molecule has 1 aromatic rings. The Morgan fingerprint density at radius 1 is 1.17 bits per heavy atom. The normalized spacial score (nSPS) is 24.8. The second kappa shape index (κ2) is 5.96. The number of rotatable bonds is 4. The van der Waals surface area contributed by atoms with Crippen molar-refractivity contribution >= 4 is 17.3 Å². The van der Waals surface area contributed by atoms with E-state index in [9.17, 15) is 4.79 Å². The number of anilines is 1. The summed E-state index contributed by atoms with van der Waals surface area (Å²) in [5.41, 5.74) is 2.95. The largest absolute Gasteiger partial charge is 0.348 e. The highest BCUT2D eigenvalue weighted by Gasteiger charge is 2.34. The summed E-state index contributed by atoms with van der Waals surface area (Å²) >= 11 is 0. The van der Waals surface area contributed by atoms with Gasteiger partial charge in [-0.1, -0.05) is 0 Å². The molecule has 23 heavy (non-hydrogen) atoms. The predicted octanol–water partition coefficient (Wildman–Crippen LogP) is 2.24. The fourth-order valence-corrected chi connectivity index (χ4v) is 3.49. The van der Waals surface area contributed by atoms with Crippen molar-refractivity contribution in [2.24, 2.45) is 5.10 Å². The van der Waals surface area contributed by atoms with E-state index in [0.717, 1.165) is 55.5 Å². The van der Waals surface area contributed by atoms with Crippen LogP contribution in [0.25, 0.3) is 0 Å². The van der Waals surface area contributed by atoms with Crippen molar-refractivity contribution < 1.29 is 4.79 Å². The van der Waals surface area contributed by atoms with Crippen LogP contribution in [-0.4, -0.2) is 48.2 Å². The van der Waals surface area contributed by atoms with Gasteiger partial charge < -0.3 is 5.32 Å². The smallest absolute Gasteiger partial charge is 0.251 e. The first-order valence-corrected chi connectivity index (χ1v) is 8.65. The van der Waals surface area contributed by atoms with Crippen LogP contribution in [-0.2, 0) is 0 Å². The molecule has 1 aromatic carbocycles. The molecule has 1 N–H and O–H groups in total. The minimum absolute atomic E-state index is 0.0419. The van der Waals surface area contributed by atoms with Gasteiger partial charge in [0.1, 0.15) is 0 Å². The topological polar surface area (TPSA) is 47.9 Å². The maximum absolute atomic E-state index is 12.4. The first-order chi connectivity index (χ1) is 11.2. The Morgan fingerprint density at radius 3 is 2.61 bits per heavy atom. The highest BCUT2D eigenvalue weighted by Crippen LogP contribution is 2.29. The molecular formula is C18H24N4O. The minimum Gasteiger partial charge on any atom is -0.348 e. The summed E-state index contributed by atoms with van der Waals surface area (Å²) < 4.78 is 0. The van der Waals surface area contributed by atoms with Gasteiger partial charge in [0.2, 0.25) is 0 Å². The number of hydrazone groups is 1. The molecule has 5 nitrogen and oxygen atoms in total. The van der Waals surface area contributed by atoms with Crippen LogP contribution in [0.3, 0.4) is 0 Å². The summed E-state index contributed by atoms with van der Waals surface area (Å²) in [6, 6.07) is 8.88. The Balaban J connectivity index is 1.35. The first-order valence-electron chi connectivity index (χ1n) is 8.65. The summed E-state index contributed by atoms with van der Waals surface area (Å²) in [6.07, 6.45) is 4.75. The number of carbonyl (C=O) groups excluding carboxylic acids is 1. The predicted molar refractivity (Wildman–Crippen MR) is 92.0 cm³/mol.